The number of hydrogen-bond acceptors (Lipinski definition) is 4. The molecule has 0 bridgehead atoms. The highest BCUT2D eigenvalue weighted by atomic mass is 16.5. The predicted molar refractivity (Wildman–Crippen MR) is 86.3 cm³/mol. The zero-order valence-electron chi connectivity index (χ0n) is 12.6. The van der Waals surface area contributed by atoms with Gasteiger partial charge in [-0.05, 0) is 11.1 Å². The summed E-state index contributed by atoms with van der Waals surface area (Å²) < 4.78 is 5.52. The van der Waals surface area contributed by atoms with E-state index in [1.54, 1.807) is 0 Å². The molecule has 118 valence electrons. The molecule has 0 aliphatic heterocycles. The summed E-state index contributed by atoms with van der Waals surface area (Å²) in [4.78, 5) is 0. The predicted octanol–water partition coefficient (Wildman–Crippen LogP) is 1.71. The minimum atomic E-state index is -0.752. The van der Waals surface area contributed by atoms with E-state index in [2.05, 4.69) is 5.32 Å². The second kappa shape index (κ2) is 9.33. The van der Waals surface area contributed by atoms with Crippen LogP contribution in [-0.2, 0) is 17.9 Å². The molecule has 0 heterocycles. The Balaban J connectivity index is 1.73. The standard InChI is InChI=1S/C18H23NO3/c20-12-17(19-11-15-7-3-1-4-8-15)18(21)14-22-13-16-9-5-2-6-10-16/h1-10,17-21H,11-14H2/t17-,18-/m1/s1. The lowest BCUT2D eigenvalue weighted by atomic mass is 10.1. The van der Waals surface area contributed by atoms with Crippen LogP contribution in [-0.4, -0.2) is 35.6 Å². The van der Waals surface area contributed by atoms with Gasteiger partial charge in [0.2, 0.25) is 0 Å². The van der Waals surface area contributed by atoms with Gasteiger partial charge in [-0.15, -0.1) is 0 Å². The first-order chi connectivity index (χ1) is 10.8. The number of rotatable bonds is 9. The van der Waals surface area contributed by atoms with Gasteiger partial charge in [0.1, 0.15) is 0 Å². The fraction of sp³-hybridized carbons (Fsp3) is 0.333. The average molecular weight is 301 g/mol. The molecule has 0 fully saturated rings. The lowest BCUT2D eigenvalue weighted by Crippen LogP contribution is -2.44. The molecule has 4 heteroatoms. The van der Waals surface area contributed by atoms with Crippen LogP contribution in [0.15, 0.2) is 60.7 Å². The summed E-state index contributed by atoms with van der Waals surface area (Å²) in [6, 6.07) is 19.3. The van der Waals surface area contributed by atoms with Crippen molar-refractivity contribution in [3.8, 4) is 0 Å². The topological polar surface area (TPSA) is 61.7 Å². The normalized spacial score (nSPS) is 13.7. The third kappa shape index (κ3) is 5.58. The van der Waals surface area contributed by atoms with E-state index in [-0.39, 0.29) is 13.2 Å². The molecule has 2 atom stereocenters. The van der Waals surface area contributed by atoms with Crippen molar-refractivity contribution < 1.29 is 14.9 Å². The van der Waals surface area contributed by atoms with Gasteiger partial charge in [0.25, 0.3) is 0 Å². The van der Waals surface area contributed by atoms with Crippen LogP contribution >= 0.6 is 0 Å². The van der Waals surface area contributed by atoms with Gasteiger partial charge in [-0.25, -0.2) is 0 Å². The smallest absolute Gasteiger partial charge is 0.0948 e. The van der Waals surface area contributed by atoms with E-state index in [4.69, 9.17) is 4.74 Å². The summed E-state index contributed by atoms with van der Waals surface area (Å²) in [6.07, 6.45) is -0.752. The largest absolute Gasteiger partial charge is 0.395 e. The van der Waals surface area contributed by atoms with E-state index in [0.29, 0.717) is 13.2 Å². The minimum Gasteiger partial charge on any atom is -0.395 e. The molecule has 0 saturated heterocycles. The van der Waals surface area contributed by atoms with Crippen molar-refractivity contribution in [3.63, 3.8) is 0 Å². The number of benzene rings is 2. The number of hydrogen-bond donors (Lipinski definition) is 3. The molecule has 0 saturated carbocycles. The first kappa shape index (κ1) is 16.6. The van der Waals surface area contributed by atoms with Gasteiger partial charge >= 0.3 is 0 Å². The van der Waals surface area contributed by atoms with Crippen LogP contribution in [0.25, 0.3) is 0 Å². The number of ether oxygens (including phenoxy) is 1. The SMILES string of the molecule is OC[C@@H](NCc1ccccc1)[C@H](O)COCc1ccccc1. The van der Waals surface area contributed by atoms with Crippen molar-refractivity contribution in [2.45, 2.75) is 25.3 Å². The Morgan fingerprint density at radius 1 is 0.909 bits per heavy atom. The van der Waals surface area contributed by atoms with E-state index in [1.807, 2.05) is 60.7 Å². The molecule has 0 amide bonds. The Kier molecular flexibility index (Phi) is 7.06. The first-order valence-corrected chi connectivity index (χ1v) is 7.47. The lowest BCUT2D eigenvalue weighted by Gasteiger charge is -2.22. The van der Waals surface area contributed by atoms with E-state index < -0.39 is 12.1 Å². The Labute approximate surface area is 131 Å². The highest BCUT2D eigenvalue weighted by Gasteiger charge is 2.18. The fourth-order valence-electron chi connectivity index (χ4n) is 2.15. The molecule has 0 aliphatic rings. The van der Waals surface area contributed by atoms with Crippen LogP contribution in [0.4, 0.5) is 0 Å². The van der Waals surface area contributed by atoms with Crippen molar-refractivity contribution in [1.29, 1.82) is 0 Å². The zero-order valence-corrected chi connectivity index (χ0v) is 12.6. The lowest BCUT2D eigenvalue weighted by molar-refractivity contribution is -0.00255. The van der Waals surface area contributed by atoms with Gasteiger partial charge in [-0.2, -0.15) is 0 Å². The molecule has 3 N–H and O–H groups in total. The molecular formula is C18H23NO3. The minimum absolute atomic E-state index is 0.136. The summed E-state index contributed by atoms with van der Waals surface area (Å²) in [7, 11) is 0. The van der Waals surface area contributed by atoms with Gasteiger partial charge in [0, 0.05) is 6.54 Å². The maximum Gasteiger partial charge on any atom is 0.0948 e. The van der Waals surface area contributed by atoms with Crippen molar-refractivity contribution in [2.75, 3.05) is 13.2 Å². The highest BCUT2D eigenvalue weighted by Crippen LogP contribution is 2.04. The fourth-order valence-corrected chi connectivity index (χ4v) is 2.15. The maximum absolute atomic E-state index is 10.1. The van der Waals surface area contributed by atoms with E-state index in [9.17, 15) is 10.2 Å². The molecule has 4 nitrogen and oxygen atoms in total. The molecule has 22 heavy (non-hydrogen) atoms. The van der Waals surface area contributed by atoms with Gasteiger partial charge in [0.15, 0.2) is 0 Å². The third-order valence-corrected chi connectivity index (χ3v) is 3.47. The van der Waals surface area contributed by atoms with Crippen molar-refractivity contribution in [1.82, 2.24) is 5.32 Å². The van der Waals surface area contributed by atoms with Crippen LogP contribution in [0.2, 0.25) is 0 Å². The zero-order chi connectivity index (χ0) is 15.6. The highest BCUT2D eigenvalue weighted by molar-refractivity contribution is 5.14. The van der Waals surface area contributed by atoms with E-state index in [0.717, 1.165) is 11.1 Å². The summed E-state index contributed by atoms with van der Waals surface area (Å²) in [5.74, 6) is 0. The van der Waals surface area contributed by atoms with E-state index in [1.165, 1.54) is 0 Å². The Hall–Kier alpha value is -1.72. The van der Waals surface area contributed by atoms with Crippen LogP contribution in [0, 0.1) is 0 Å². The van der Waals surface area contributed by atoms with E-state index >= 15 is 0 Å². The average Bonchev–Trinajstić information content (AvgIpc) is 2.57. The van der Waals surface area contributed by atoms with Crippen LogP contribution in [0.3, 0.4) is 0 Å². The third-order valence-electron chi connectivity index (χ3n) is 3.47. The second-order valence-corrected chi connectivity index (χ2v) is 5.22. The Bertz CT molecular complexity index is 518. The second-order valence-electron chi connectivity index (χ2n) is 5.22. The Morgan fingerprint density at radius 3 is 2.09 bits per heavy atom. The van der Waals surface area contributed by atoms with Gasteiger partial charge in [-0.1, -0.05) is 60.7 Å². The summed E-state index contributed by atoms with van der Waals surface area (Å²) in [5, 5.41) is 22.7. The van der Waals surface area contributed by atoms with Crippen molar-refractivity contribution >= 4 is 0 Å². The molecule has 2 aromatic carbocycles. The number of aliphatic hydroxyl groups is 2. The molecule has 0 aliphatic carbocycles. The molecule has 0 radical (unpaired) electrons. The quantitative estimate of drug-likeness (QED) is 0.660. The Morgan fingerprint density at radius 2 is 1.50 bits per heavy atom. The summed E-state index contributed by atoms with van der Waals surface area (Å²) in [5.41, 5.74) is 2.17. The number of nitrogens with one attached hydrogen (secondary N) is 1. The van der Waals surface area contributed by atoms with Crippen molar-refractivity contribution in [3.05, 3.63) is 71.8 Å². The number of aliphatic hydroxyl groups excluding tert-OH is 2. The van der Waals surface area contributed by atoms with Gasteiger partial charge in [0.05, 0.1) is 32.0 Å². The first-order valence-electron chi connectivity index (χ1n) is 7.47. The monoisotopic (exact) mass is 301 g/mol. The molecule has 2 aromatic rings. The molecular weight excluding hydrogens is 278 g/mol. The molecule has 0 unspecified atom stereocenters. The van der Waals surface area contributed by atoms with Crippen LogP contribution in [0.1, 0.15) is 11.1 Å². The summed E-state index contributed by atoms with van der Waals surface area (Å²) in [6.45, 7) is 1.10. The maximum atomic E-state index is 10.1. The van der Waals surface area contributed by atoms with Gasteiger partial charge < -0.3 is 20.3 Å². The van der Waals surface area contributed by atoms with Gasteiger partial charge in [-0.3, -0.25) is 0 Å². The molecule has 0 aromatic heterocycles. The molecule has 2 rings (SSSR count). The van der Waals surface area contributed by atoms with Crippen molar-refractivity contribution in [2.24, 2.45) is 0 Å². The van der Waals surface area contributed by atoms with Crippen LogP contribution < -0.4 is 5.32 Å². The van der Waals surface area contributed by atoms with Crippen LogP contribution in [0.5, 0.6) is 0 Å². The summed E-state index contributed by atoms with van der Waals surface area (Å²) >= 11 is 0. The molecule has 0 spiro atoms.